The molecule has 0 radical (unpaired) electrons. The maximum atomic E-state index is 11.6. The predicted molar refractivity (Wildman–Crippen MR) is 120 cm³/mol. The average molecular weight is 390 g/mol. The summed E-state index contributed by atoms with van der Waals surface area (Å²) in [5.41, 5.74) is 0. The van der Waals surface area contributed by atoms with E-state index in [1.165, 1.54) is 0 Å². The molecule has 0 aliphatic rings. The minimum atomic E-state index is -0.477. The molecule has 0 unspecified atom stereocenters. The van der Waals surface area contributed by atoms with Crippen LogP contribution in [-0.4, -0.2) is 24.0 Å². The van der Waals surface area contributed by atoms with Crippen LogP contribution in [0.25, 0.3) is 0 Å². The first-order valence-corrected chi connectivity index (χ1v) is 10.5. The summed E-state index contributed by atoms with van der Waals surface area (Å²) in [5, 5.41) is 2.64. The van der Waals surface area contributed by atoms with Gasteiger partial charge in [-0.3, -0.25) is 4.79 Å². The quantitative estimate of drug-likeness (QED) is 0.158. The summed E-state index contributed by atoms with van der Waals surface area (Å²) in [6.07, 6.45) is 29.5. The van der Waals surface area contributed by atoms with E-state index in [9.17, 15) is 9.59 Å². The van der Waals surface area contributed by atoms with E-state index < -0.39 is 6.04 Å². The Balaban J connectivity index is 3.60. The summed E-state index contributed by atoms with van der Waals surface area (Å²) < 4.78 is 0. The zero-order chi connectivity index (χ0) is 20.0. The molecule has 0 bridgehead atoms. The fourth-order valence-electron chi connectivity index (χ4n) is 2.15. The van der Waals surface area contributed by atoms with Crippen molar-refractivity contribution in [3.8, 4) is 0 Å². The number of nitrogens with one attached hydrogen (secondary N) is 1. The Labute approximate surface area is 170 Å². The molecule has 0 saturated carbocycles. The van der Waals surface area contributed by atoms with Gasteiger partial charge in [-0.1, -0.05) is 67.7 Å². The zero-order valence-electron chi connectivity index (χ0n) is 16.6. The number of aldehydes is 1. The second-order valence-corrected chi connectivity index (χ2v) is 6.46. The highest BCUT2D eigenvalue weighted by molar-refractivity contribution is 7.80. The molecule has 1 amide bonds. The summed E-state index contributed by atoms with van der Waals surface area (Å²) in [7, 11) is 0. The monoisotopic (exact) mass is 389 g/mol. The van der Waals surface area contributed by atoms with Crippen molar-refractivity contribution < 1.29 is 9.59 Å². The predicted octanol–water partition coefficient (Wildman–Crippen LogP) is 5.52. The molecule has 1 atom stereocenters. The molecule has 0 aromatic carbocycles. The van der Waals surface area contributed by atoms with Crippen LogP contribution in [0, 0.1) is 0 Å². The second kappa shape index (κ2) is 20.5. The number of thiol groups is 1. The van der Waals surface area contributed by atoms with Gasteiger partial charge in [-0.05, 0) is 44.9 Å². The summed E-state index contributed by atoms with van der Waals surface area (Å²) in [6, 6.07) is -0.477. The SMILES string of the molecule is CC/C=C\C/C=C\C/C=C\C/C=C\C/C=C\CCCC(=O)N[C@H](C=O)CS. The highest BCUT2D eigenvalue weighted by Gasteiger charge is 2.08. The van der Waals surface area contributed by atoms with Gasteiger partial charge in [0.2, 0.25) is 5.91 Å². The Hall–Kier alpha value is -1.81. The first kappa shape index (κ1) is 25.2. The van der Waals surface area contributed by atoms with E-state index >= 15 is 0 Å². The molecule has 150 valence electrons. The van der Waals surface area contributed by atoms with E-state index in [1.54, 1.807) is 0 Å². The van der Waals surface area contributed by atoms with Gasteiger partial charge >= 0.3 is 0 Å². The largest absolute Gasteiger partial charge is 0.346 e. The van der Waals surface area contributed by atoms with Crippen LogP contribution in [0.5, 0.6) is 0 Å². The maximum Gasteiger partial charge on any atom is 0.220 e. The van der Waals surface area contributed by atoms with E-state index in [-0.39, 0.29) is 5.91 Å². The lowest BCUT2D eigenvalue weighted by Crippen LogP contribution is -2.37. The molecule has 0 aliphatic heterocycles. The molecule has 1 N–H and O–H groups in total. The molecule has 0 aromatic heterocycles. The molecule has 0 fully saturated rings. The van der Waals surface area contributed by atoms with Crippen molar-refractivity contribution >= 4 is 24.8 Å². The van der Waals surface area contributed by atoms with Crippen molar-refractivity contribution in [3.63, 3.8) is 0 Å². The lowest BCUT2D eigenvalue weighted by molar-refractivity contribution is -0.123. The smallest absolute Gasteiger partial charge is 0.220 e. The van der Waals surface area contributed by atoms with Crippen molar-refractivity contribution in [3.05, 3.63) is 60.8 Å². The summed E-state index contributed by atoms with van der Waals surface area (Å²) in [5.74, 6) is 0.248. The number of allylic oxidation sites excluding steroid dienone is 10. The molecule has 3 nitrogen and oxygen atoms in total. The molecule has 0 saturated heterocycles. The van der Waals surface area contributed by atoms with E-state index in [4.69, 9.17) is 0 Å². The number of carbonyl (C=O) groups excluding carboxylic acids is 2. The fourth-order valence-corrected chi connectivity index (χ4v) is 2.33. The first-order valence-electron chi connectivity index (χ1n) is 9.85. The molecule has 0 heterocycles. The molecule has 0 spiro atoms. The second-order valence-electron chi connectivity index (χ2n) is 6.09. The normalized spacial score (nSPS) is 13.6. The van der Waals surface area contributed by atoms with Crippen molar-refractivity contribution in [2.75, 3.05) is 5.75 Å². The third kappa shape index (κ3) is 18.8. The van der Waals surface area contributed by atoms with E-state index in [0.717, 1.165) is 51.2 Å². The van der Waals surface area contributed by atoms with Gasteiger partial charge in [0.1, 0.15) is 6.29 Å². The van der Waals surface area contributed by atoms with Gasteiger partial charge in [-0.2, -0.15) is 12.6 Å². The van der Waals surface area contributed by atoms with Crippen LogP contribution >= 0.6 is 12.6 Å². The van der Waals surface area contributed by atoms with Gasteiger partial charge in [-0.25, -0.2) is 0 Å². The van der Waals surface area contributed by atoms with Gasteiger partial charge in [0.25, 0.3) is 0 Å². The highest BCUT2D eigenvalue weighted by Crippen LogP contribution is 2.00. The molecule has 0 aliphatic carbocycles. The van der Waals surface area contributed by atoms with Crippen LogP contribution in [0.1, 0.15) is 58.3 Å². The Kier molecular flexibility index (Phi) is 19.1. The van der Waals surface area contributed by atoms with Gasteiger partial charge in [-0.15, -0.1) is 0 Å². The van der Waals surface area contributed by atoms with Crippen LogP contribution in [0.4, 0.5) is 0 Å². The van der Waals surface area contributed by atoms with Crippen molar-refractivity contribution in [2.45, 2.75) is 64.3 Å². The van der Waals surface area contributed by atoms with Crippen molar-refractivity contribution in [1.82, 2.24) is 5.32 Å². The lowest BCUT2D eigenvalue weighted by Gasteiger charge is -2.08. The van der Waals surface area contributed by atoms with Gasteiger partial charge in [0.15, 0.2) is 0 Å². The lowest BCUT2D eigenvalue weighted by atomic mass is 10.2. The Morgan fingerprint density at radius 3 is 1.78 bits per heavy atom. The summed E-state index contributed by atoms with van der Waals surface area (Å²) >= 11 is 4.00. The van der Waals surface area contributed by atoms with Crippen molar-refractivity contribution in [2.24, 2.45) is 0 Å². The van der Waals surface area contributed by atoms with Gasteiger partial charge in [0.05, 0.1) is 6.04 Å². The third-order valence-corrected chi connectivity index (χ3v) is 4.03. The molecule has 0 rings (SSSR count). The molecule has 0 aromatic rings. The number of rotatable bonds is 16. The molecule has 4 heteroatoms. The number of unbranched alkanes of at least 4 members (excludes halogenated alkanes) is 1. The van der Waals surface area contributed by atoms with Crippen molar-refractivity contribution in [1.29, 1.82) is 0 Å². The van der Waals surface area contributed by atoms with Crippen LogP contribution in [0.3, 0.4) is 0 Å². The Bertz CT molecular complexity index is 518. The fraction of sp³-hybridized carbons (Fsp3) is 0.478. The van der Waals surface area contributed by atoms with E-state index in [0.29, 0.717) is 12.2 Å². The zero-order valence-corrected chi connectivity index (χ0v) is 17.5. The number of amides is 1. The summed E-state index contributed by atoms with van der Waals surface area (Å²) in [6.45, 7) is 2.14. The number of hydrogen-bond donors (Lipinski definition) is 2. The minimum Gasteiger partial charge on any atom is -0.346 e. The maximum absolute atomic E-state index is 11.6. The highest BCUT2D eigenvalue weighted by atomic mass is 32.1. The Morgan fingerprint density at radius 1 is 0.852 bits per heavy atom. The van der Waals surface area contributed by atoms with Crippen LogP contribution in [0.15, 0.2) is 60.8 Å². The van der Waals surface area contributed by atoms with Crippen LogP contribution < -0.4 is 5.32 Å². The number of carbonyl (C=O) groups is 2. The third-order valence-electron chi connectivity index (χ3n) is 3.64. The molecular formula is C23H35NO2S. The van der Waals surface area contributed by atoms with Crippen LogP contribution in [-0.2, 0) is 9.59 Å². The van der Waals surface area contributed by atoms with Crippen LogP contribution in [0.2, 0.25) is 0 Å². The topological polar surface area (TPSA) is 46.2 Å². The van der Waals surface area contributed by atoms with Gasteiger partial charge in [0, 0.05) is 12.2 Å². The average Bonchev–Trinajstić information content (AvgIpc) is 2.68. The molecule has 27 heavy (non-hydrogen) atoms. The number of hydrogen-bond acceptors (Lipinski definition) is 3. The van der Waals surface area contributed by atoms with E-state index in [1.807, 2.05) is 0 Å². The van der Waals surface area contributed by atoms with E-state index in [2.05, 4.69) is 85.6 Å². The molecular weight excluding hydrogens is 354 g/mol. The first-order chi connectivity index (χ1) is 13.2. The summed E-state index contributed by atoms with van der Waals surface area (Å²) in [4.78, 5) is 22.2. The minimum absolute atomic E-state index is 0.0893. The van der Waals surface area contributed by atoms with Gasteiger partial charge < -0.3 is 10.1 Å². The Morgan fingerprint density at radius 2 is 1.33 bits per heavy atom. The standard InChI is InChI=1S/C23H35NO2S/c1-2-3-4-5-6-7-8-9-10-11-12-13-14-15-16-17-18-19-23(26)24-22(20-25)21-27/h3-4,6-7,9-10,12-13,15-16,20,22,27H,2,5,8,11,14,17-19,21H2,1H3,(H,24,26)/b4-3-,7-6-,10-9-,13-12-,16-15-/t22-/m1/s1.